The van der Waals surface area contributed by atoms with E-state index in [1.165, 1.54) is 6.92 Å². The lowest BCUT2D eigenvalue weighted by atomic mass is 10.0. The van der Waals surface area contributed by atoms with Crippen LogP contribution in [0.25, 0.3) is 33.5 Å². The normalized spacial score (nSPS) is 11.5. The Hall–Kier alpha value is -5.31. The number of ether oxygens (including phenoxy) is 3. The maximum Gasteiger partial charge on any atom is 0.338 e. The predicted molar refractivity (Wildman–Crippen MR) is 151 cm³/mol. The van der Waals surface area contributed by atoms with Crippen molar-refractivity contribution in [1.82, 2.24) is 15.0 Å². The van der Waals surface area contributed by atoms with Gasteiger partial charge in [0.05, 0.1) is 42.2 Å². The van der Waals surface area contributed by atoms with Gasteiger partial charge in [-0.05, 0) is 85.8 Å². The lowest BCUT2D eigenvalue weighted by molar-refractivity contribution is -0.123. The van der Waals surface area contributed by atoms with E-state index in [1.54, 1.807) is 56.8 Å². The monoisotopic (exact) mass is 534 g/mol. The average molecular weight is 535 g/mol. The SMILES string of the molecule is COc1ccc(-c2nc3ccc(C(=O)OC(C)C(=O)Nc4ccccn4)cc3nc2-c2ccc(OC)cc2)cc1. The maximum atomic E-state index is 12.9. The summed E-state index contributed by atoms with van der Waals surface area (Å²) in [5.74, 6) is 0.676. The predicted octanol–water partition coefficient (Wildman–Crippen LogP) is 5.56. The number of nitrogens with zero attached hydrogens (tertiary/aromatic N) is 3. The van der Waals surface area contributed by atoms with Crippen molar-refractivity contribution in [3.05, 3.63) is 96.7 Å². The molecule has 0 spiro atoms. The second kappa shape index (κ2) is 11.6. The number of hydrogen-bond donors (Lipinski definition) is 1. The summed E-state index contributed by atoms with van der Waals surface area (Å²) in [6.07, 6.45) is 0.520. The van der Waals surface area contributed by atoms with E-state index in [0.717, 1.165) is 22.6 Å². The fraction of sp³-hybridized carbons (Fsp3) is 0.129. The Balaban J connectivity index is 1.47. The largest absolute Gasteiger partial charge is 0.497 e. The lowest BCUT2D eigenvalue weighted by Gasteiger charge is -2.14. The van der Waals surface area contributed by atoms with Gasteiger partial charge in [-0.2, -0.15) is 0 Å². The van der Waals surface area contributed by atoms with Crippen LogP contribution < -0.4 is 14.8 Å². The van der Waals surface area contributed by atoms with Crippen molar-refractivity contribution in [2.24, 2.45) is 0 Å². The fourth-order valence-electron chi connectivity index (χ4n) is 4.03. The zero-order valence-electron chi connectivity index (χ0n) is 22.1. The minimum atomic E-state index is -1.04. The van der Waals surface area contributed by atoms with E-state index < -0.39 is 18.0 Å². The van der Waals surface area contributed by atoms with Crippen molar-refractivity contribution in [3.63, 3.8) is 0 Å². The van der Waals surface area contributed by atoms with Crippen LogP contribution in [0.5, 0.6) is 11.5 Å². The standard InChI is InChI=1S/C31H26N4O5/c1-19(30(36)35-27-6-4-5-17-32-27)40-31(37)22-11-16-25-26(18-22)34-29(21-9-14-24(39-3)15-10-21)28(33-25)20-7-12-23(38-2)13-8-20/h4-19H,1-3H3,(H,32,35,36). The summed E-state index contributed by atoms with van der Waals surface area (Å²) >= 11 is 0. The zero-order valence-corrected chi connectivity index (χ0v) is 22.1. The molecule has 2 heterocycles. The van der Waals surface area contributed by atoms with Crippen molar-refractivity contribution in [3.8, 4) is 34.0 Å². The summed E-state index contributed by atoms with van der Waals surface area (Å²) < 4.78 is 16.0. The number of carbonyl (C=O) groups excluding carboxylic acids is 2. The zero-order chi connectivity index (χ0) is 28.1. The molecule has 1 N–H and O–H groups in total. The van der Waals surface area contributed by atoms with E-state index >= 15 is 0 Å². The Kier molecular flexibility index (Phi) is 7.63. The highest BCUT2D eigenvalue weighted by Gasteiger charge is 2.21. The molecule has 0 saturated carbocycles. The Labute approximate surface area is 230 Å². The highest BCUT2D eigenvalue weighted by atomic mass is 16.5. The van der Waals surface area contributed by atoms with Gasteiger partial charge in [0.25, 0.3) is 5.91 Å². The number of amides is 1. The molecule has 5 rings (SSSR count). The molecule has 0 aliphatic carbocycles. The Morgan fingerprint density at radius 2 is 1.35 bits per heavy atom. The number of hydrogen-bond acceptors (Lipinski definition) is 8. The van der Waals surface area contributed by atoms with Gasteiger partial charge in [-0.3, -0.25) is 4.79 Å². The van der Waals surface area contributed by atoms with E-state index in [2.05, 4.69) is 10.3 Å². The van der Waals surface area contributed by atoms with Crippen LogP contribution in [0.4, 0.5) is 5.82 Å². The van der Waals surface area contributed by atoms with Gasteiger partial charge in [0.15, 0.2) is 6.10 Å². The van der Waals surface area contributed by atoms with Gasteiger partial charge < -0.3 is 19.5 Å². The smallest absolute Gasteiger partial charge is 0.338 e. The molecule has 0 aliphatic heterocycles. The summed E-state index contributed by atoms with van der Waals surface area (Å²) in [5.41, 5.74) is 4.34. The second-order valence-electron chi connectivity index (χ2n) is 8.83. The molecule has 5 aromatic rings. The number of methoxy groups -OCH3 is 2. The molecule has 3 aromatic carbocycles. The molecule has 0 saturated heterocycles. The van der Waals surface area contributed by atoms with Crippen molar-refractivity contribution >= 4 is 28.7 Å². The third-order valence-electron chi connectivity index (χ3n) is 6.20. The number of aromatic nitrogens is 3. The Morgan fingerprint density at radius 3 is 1.90 bits per heavy atom. The number of carbonyl (C=O) groups is 2. The van der Waals surface area contributed by atoms with E-state index in [1.807, 2.05) is 48.5 Å². The number of pyridine rings is 1. The van der Waals surface area contributed by atoms with Crippen LogP contribution in [0, 0.1) is 0 Å². The van der Waals surface area contributed by atoms with E-state index in [4.69, 9.17) is 24.2 Å². The van der Waals surface area contributed by atoms with E-state index in [-0.39, 0.29) is 5.56 Å². The molecular weight excluding hydrogens is 508 g/mol. The average Bonchev–Trinajstić information content (AvgIpc) is 3.00. The molecule has 200 valence electrons. The number of rotatable bonds is 8. The van der Waals surface area contributed by atoms with Gasteiger partial charge in [-0.25, -0.2) is 19.7 Å². The molecule has 0 bridgehead atoms. The third-order valence-corrected chi connectivity index (χ3v) is 6.20. The fourth-order valence-corrected chi connectivity index (χ4v) is 4.03. The van der Waals surface area contributed by atoms with Crippen LogP contribution in [0.3, 0.4) is 0 Å². The topological polar surface area (TPSA) is 113 Å². The van der Waals surface area contributed by atoms with Crippen LogP contribution in [-0.4, -0.2) is 47.2 Å². The maximum absolute atomic E-state index is 12.9. The molecule has 9 nitrogen and oxygen atoms in total. The van der Waals surface area contributed by atoms with Crippen LogP contribution in [0.2, 0.25) is 0 Å². The second-order valence-corrected chi connectivity index (χ2v) is 8.83. The molecule has 1 unspecified atom stereocenters. The number of esters is 1. The summed E-state index contributed by atoms with van der Waals surface area (Å²) in [6, 6.07) is 25.1. The molecule has 1 atom stereocenters. The first-order valence-electron chi connectivity index (χ1n) is 12.5. The highest BCUT2D eigenvalue weighted by molar-refractivity contribution is 5.98. The number of fused-ring (bicyclic) bond motifs is 1. The van der Waals surface area contributed by atoms with Crippen molar-refractivity contribution in [1.29, 1.82) is 0 Å². The van der Waals surface area contributed by atoms with Crippen molar-refractivity contribution < 1.29 is 23.8 Å². The Bertz CT molecular complexity index is 1660. The first kappa shape index (κ1) is 26.3. The molecule has 0 aliphatic rings. The first-order valence-corrected chi connectivity index (χ1v) is 12.5. The summed E-state index contributed by atoms with van der Waals surface area (Å²) in [6.45, 7) is 1.50. The third kappa shape index (κ3) is 5.73. The van der Waals surface area contributed by atoms with Crippen LogP contribution in [0.1, 0.15) is 17.3 Å². The van der Waals surface area contributed by atoms with Gasteiger partial charge >= 0.3 is 5.97 Å². The minimum Gasteiger partial charge on any atom is -0.497 e. The summed E-state index contributed by atoms with van der Waals surface area (Å²) in [7, 11) is 3.22. The van der Waals surface area contributed by atoms with Gasteiger partial charge in [0.1, 0.15) is 17.3 Å². The van der Waals surface area contributed by atoms with Crippen LogP contribution in [0.15, 0.2) is 91.1 Å². The summed E-state index contributed by atoms with van der Waals surface area (Å²) in [4.78, 5) is 39.3. The molecule has 0 radical (unpaired) electrons. The first-order chi connectivity index (χ1) is 19.4. The molecule has 2 aromatic heterocycles. The number of anilines is 1. The molecule has 9 heteroatoms. The van der Waals surface area contributed by atoms with Gasteiger partial charge in [-0.1, -0.05) is 6.07 Å². The molecule has 0 fully saturated rings. The quantitative estimate of drug-likeness (QED) is 0.258. The van der Waals surface area contributed by atoms with Crippen molar-refractivity contribution in [2.75, 3.05) is 19.5 Å². The highest BCUT2D eigenvalue weighted by Crippen LogP contribution is 2.33. The summed E-state index contributed by atoms with van der Waals surface area (Å²) in [5, 5.41) is 2.62. The molecule has 40 heavy (non-hydrogen) atoms. The van der Waals surface area contributed by atoms with Gasteiger partial charge in [-0.15, -0.1) is 0 Å². The molecular formula is C31H26N4O5. The minimum absolute atomic E-state index is 0.247. The number of nitrogens with one attached hydrogen (secondary N) is 1. The van der Waals surface area contributed by atoms with Crippen LogP contribution >= 0.6 is 0 Å². The van der Waals surface area contributed by atoms with Gasteiger partial charge in [0.2, 0.25) is 0 Å². The Morgan fingerprint density at radius 1 is 0.750 bits per heavy atom. The van der Waals surface area contributed by atoms with Crippen molar-refractivity contribution in [2.45, 2.75) is 13.0 Å². The van der Waals surface area contributed by atoms with Crippen LogP contribution in [-0.2, 0) is 9.53 Å². The number of benzene rings is 3. The van der Waals surface area contributed by atoms with Gasteiger partial charge in [0, 0.05) is 17.3 Å². The lowest BCUT2D eigenvalue weighted by Crippen LogP contribution is -2.30. The van der Waals surface area contributed by atoms with E-state index in [0.29, 0.717) is 28.2 Å². The van der Waals surface area contributed by atoms with E-state index in [9.17, 15) is 9.59 Å². The molecule has 1 amide bonds.